The number of benzene rings is 1. The van der Waals surface area contributed by atoms with Crippen molar-refractivity contribution in [3.05, 3.63) is 58.5 Å². The molecule has 98 valence electrons. The lowest BCUT2D eigenvalue weighted by molar-refractivity contribution is 0.0692. The van der Waals surface area contributed by atoms with Gasteiger partial charge in [-0.2, -0.15) is 0 Å². The van der Waals surface area contributed by atoms with Crippen LogP contribution in [0.4, 0.5) is 10.2 Å². The second-order valence-corrected chi connectivity index (χ2v) is 4.18. The Morgan fingerprint density at radius 2 is 2.11 bits per heavy atom. The van der Waals surface area contributed by atoms with Crippen LogP contribution in [-0.4, -0.2) is 16.1 Å². The first-order valence-electron chi connectivity index (χ1n) is 5.44. The van der Waals surface area contributed by atoms with E-state index in [1.807, 2.05) is 0 Å². The SMILES string of the molecule is O=C(O)c1ccnc(NCc2ccccc2Cl)c1F. The minimum absolute atomic E-state index is 0.111. The smallest absolute Gasteiger partial charge is 0.338 e. The topological polar surface area (TPSA) is 62.2 Å². The van der Waals surface area contributed by atoms with Crippen LogP contribution in [0, 0.1) is 5.82 Å². The first kappa shape index (κ1) is 13.3. The third kappa shape index (κ3) is 3.00. The molecule has 4 nitrogen and oxygen atoms in total. The van der Waals surface area contributed by atoms with Crippen LogP contribution in [0.15, 0.2) is 36.5 Å². The highest BCUT2D eigenvalue weighted by molar-refractivity contribution is 6.31. The van der Waals surface area contributed by atoms with E-state index in [4.69, 9.17) is 16.7 Å². The van der Waals surface area contributed by atoms with E-state index < -0.39 is 17.3 Å². The minimum Gasteiger partial charge on any atom is -0.478 e. The molecule has 2 N–H and O–H groups in total. The molecule has 0 spiro atoms. The molecule has 19 heavy (non-hydrogen) atoms. The van der Waals surface area contributed by atoms with Crippen LogP contribution in [0.5, 0.6) is 0 Å². The molecular weight excluding hydrogens is 271 g/mol. The molecule has 0 unspecified atom stereocenters. The maximum atomic E-state index is 13.8. The quantitative estimate of drug-likeness (QED) is 0.903. The Hall–Kier alpha value is -2.14. The fourth-order valence-electron chi connectivity index (χ4n) is 1.55. The molecule has 0 bridgehead atoms. The maximum absolute atomic E-state index is 13.8. The van der Waals surface area contributed by atoms with Gasteiger partial charge in [0, 0.05) is 17.8 Å². The number of nitrogens with zero attached hydrogens (tertiary/aromatic N) is 1. The number of carboxylic acid groups (broad SMARTS) is 1. The summed E-state index contributed by atoms with van der Waals surface area (Å²) in [5.74, 6) is -2.33. The zero-order valence-electron chi connectivity index (χ0n) is 9.73. The zero-order chi connectivity index (χ0) is 13.8. The number of carboxylic acids is 1. The average Bonchev–Trinajstić information content (AvgIpc) is 2.39. The van der Waals surface area contributed by atoms with E-state index in [0.717, 1.165) is 11.6 Å². The van der Waals surface area contributed by atoms with Crippen molar-refractivity contribution in [2.45, 2.75) is 6.54 Å². The number of halogens is 2. The molecule has 6 heteroatoms. The van der Waals surface area contributed by atoms with Gasteiger partial charge < -0.3 is 10.4 Å². The summed E-state index contributed by atoms with van der Waals surface area (Å²) >= 11 is 5.96. The van der Waals surface area contributed by atoms with Crippen molar-refractivity contribution < 1.29 is 14.3 Å². The Kier molecular flexibility index (Phi) is 3.97. The standard InChI is InChI=1S/C13H10ClFN2O2/c14-10-4-2-1-3-8(10)7-17-12-11(15)9(13(18)19)5-6-16-12/h1-6H,7H2,(H,16,17)(H,18,19). The number of carbonyl (C=O) groups is 1. The number of pyridine rings is 1. The van der Waals surface area contributed by atoms with Crippen LogP contribution in [-0.2, 0) is 6.54 Å². The molecule has 0 aliphatic carbocycles. The van der Waals surface area contributed by atoms with Gasteiger partial charge in [-0.3, -0.25) is 0 Å². The van der Waals surface area contributed by atoms with E-state index in [9.17, 15) is 9.18 Å². The predicted molar refractivity (Wildman–Crippen MR) is 69.9 cm³/mol. The maximum Gasteiger partial charge on any atom is 0.338 e. The molecule has 2 rings (SSSR count). The monoisotopic (exact) mass is 280 g/mol. The molecule has 0 amide bonds. The highest BCUT2D eigenvalue weighted by atomic mass is 35.5. The summed E-state index contributed by atoms with van der Waals surface area (Å²) in [5, 5.41) is 12.1. The Morgan fingerprint density at radius 1 is 1.37 bits per heavy atom. The Bertz CT molecular complexity index is 619. The fraction of sp³-hybridized carbons (Fsp3) is 0.0769. The number of rotatable bonds is 4. The Balaban J connectivity index is 2.19. The molecule has 0 radical (unpaired) electrons. The van der Waals surface area contributed by atoms with Gasteiger partial charge in [0.15, 0.2) is 11.6 Å². The molecule has 1 heterocycles. The first-order chi connectivity index (χ1) is 9.09. The minimum atomic E-state index is -1.33. The molecule has 0 aliphatic rings. The van der Waals surface area contributed by atoms with Crippen LogP contribution in [0.3, 0.4) is 0 Å². The van der Waals surface area contributed by atoms with Crippen molar-refractivity contribution in [3.63, 3.8) is 0 Å². The summed E-state index contributed by atoms with van der Waals surface area (Å²) in [5.41, 5.74) is 0.350. The van der Waals surface area contributed by atoms with E-state index in [-0.39, 0.29) is 12.4 Å². The van der Waals surface area contributed by atoms with E-state index in [0.29, 0.717) is 5.02 Å². The lowest BCUT2D eigenvalue weighted by Crippen LogP contribution is -2.08. The van der Waals surface area contributed by atoms with Crippen molar-refractivity contribution in [1.29, 1.82) is 0 Å². The number of aromatic nitrogens is 1. The van der Waals surface area contributed by atoms with E-state index in [1.165, 1.54) is 6.20 Å². The molecule has 0 saturated heterocycles. The predicted octanol–water partition coefficient (Wildman–Crippen LogP) is 3.18. The lowest BCUT2D eigenvalue weighted by atomic mass is 10.2. The number of hydrogen-bond acceptors (Lipinski definition) is 3. The lowest BCUT2D eigenvalue weighted by Gasteiger charge is -2.09. The van der Waals surface area contributed by atoms with E-state index >= 15 is 0 Å². The van der Waals surface area contributed by atoms with Gasteiger partial charge in [-0.05, 0) is 17.7 Å². The van der Waals surface area contributed by atoms with Gasteiger partial charge in [-0.15, -0.1) is 0 Å². The van der Waals surface area contributed by atoms with Crippen molar-refractivity contribution in [2.75, 3.05) is 5.32 Å². The summed E-state index contributed by atoms with van der Waals surface area (Å²) in [6.07, 6.45) is 1.24. The number of anilines is 1. The zero-order valence-corrected chi connectivity index (χ0v) is 10.5. The second-order valence-electron chi connectivity index (χ2n) is 3.77. The van der Waals surface area contributed by atoms with Crippen LogP contribution < -0.4 is 5.32 Å². The van der Waals surface area contributed by atoms with Gasteiger partial charge in [0.05, 0.1) is 0 Å². The van der Waals surface area contributed by atoms with Crippen LogP contribution in [0.25, 0.3) is 0 Å². The van der Waals surface area contributed by atoms with E-state index in [2.05, 4.69) is 10.3 Å². The summed E-state index contributed by atoms with van der Waals surface area (Å²) in [7, 11) is 0. The van der Waals surface area contributed by atoms with E-state index in [1.54, 1.807) is 24.3 Å². The summed E-state index contributed by atoms with van der Waals surface area (Å²) in [6, 6.07) is 8.21. The molecule has 2 aromatic rings. The van der Waals surface area contributed by atoms with Crippen LogP contribution >= 0.6 is 11.6 Å². The third-order valence-electron chi connectivity index (χ3n) is 2.52. The molecule has 1 aromatic heterocycles. The Labute approximate surface area is 113 Å². The largest absolute Gasteiger partial charge is 0.478 e. The summed E-state index contributed by atoms with van der Waals surface area (Å²) in [6.45, 7) is 0.257. The number of aromatic carboxylic acids is 1. The Morgan fingerprint density at radius 3 is 2.79 bits per heavy atom. The van der Waals surface area contributed by atoms with Gasteiger partial charge >= 0.3 is 5.97 Å². The number of hydrogen-bond donors (Lipinski definition) is 2. The van der Waals surface area contributed by atoms with Gasteiger partial charge in [-0.1, -0.05) is 29.8 Å². The van der Waals surface area contributed by atoms with Gasteiger partial charge in [0.1, 0.15) is 5.56 Å². The van der Waals surface area contributed by atoms with Gasteiger partial charge in [-0.25, -0.2) is 14.2 Å². The van der Waals surface area contributed by atoms with Crippen molar-refractivity contribution in [1.82, 2.24) is 4.98 Å². The van der Waals surface area contributed by atoms with Crippen molar-refractivity contribution in [2.24, 2.45) is 0 Å². The van der Waals surface area contributed by atoms with Gasteiger partial charge in [0.2, 0.25) is 0 Å². The highest BCUT2D eigenvalue weighted by Gasteiger charge is 2.14. The summed E-state index contributed by atoms with van der Waals surface area (Å²) in [4.78, 5) is 14.6. The molecular formula is C13H10ClFN2O2. The van der Waals surface area contributed by atoms with Crippen LogP contribution in [0.1, 0.15) is 15.9 Å². The first-order valence-corrected chi connectivity index (χ1v) is 5.82. The van der Waals surface area contributed by atoms with Crippen molar-refractivity contribution >= 4 is 23.4 Å². The molecule has 0 aliphatic heterocycles. The highest BCUT2D eigenvalue weighted by Crippen LogP contribution is 2.19. The third-order valence-corrected chi connectivity index (χ3v) is 2.89. The molecule has 0 saturated carbocycles. The van der Waals surface area contributed by atoms with Crippen molar-refractivity contribution in [3.8, 4) is 0 Å². The summed E-state index contributed by atoms with van der Waals surface area (Å²) < 4.78 is 13.8. The molecule has 0 fully saturated rings. The van der Waals surface area contributed by atoms with Gasteiger partial charge in [0.25, 0.3) is 0 Å². The second kappa shape index (κ2) is 5.67. The molecule has 1 aromatic carbocycles. The average molecular weight is 281 g/mol. The van der Waals surface area contributed by atoms with Crippen LogP contribution in [0.2, 0.25) is 5.02 Å². The normalized spacial score (nSPS) is 10.2. The molecule has 0 atom stereocenters. The number of nitrogens with one attached hydrogen (secondary N) is 1. The fourth-order valence-corrected chi connectivity index (χ4v) is 1.76.